The highest BCUT2D eigenvalue weighted by molar-refractivity contribution is 7.99. The second-order valence-corrected chi connectivity index (χ2v) is 8.76. The number of amides is 1. The maximum absolute atomic E-state index is 13.2. The summed E-state index contributed by atoms with van der Waals surface area (Å²) >= 11 is 1.90. The first-order valence-electron chi connectivity index (χ1n) is 10.2. The Balaban J connectivity index is 1.55. The minimum atomic E-state index is -0.347. The molecule has 8 nitrogen and oxygen atoms in total. The van der Waals surface area contributed by atoms with E-state index >= 15 is 0 Å². The zero-order valence-corrected chi connectivity index (χ0v) is 17.9. The number of fused-ring (bicyclic) bond motifs is 3. The highest BCUT2D eigenvalue weighted by Crippen LogP contribution is 2.24. The molecule has 0 atom stereocenters. The Labute approximate surface area is 182 Å². The van der Waals surface area contributed by atoms with Gasteiger partial charge in [-0.25, -0.2) is 18.9 Å². The van der Waals surface area contributed by atoms with E-state index in [0.29, 0.717) is 22.7 Å². The maximum Gasteiger partial charge on any atom is 0.351 e. The number of nitrogens with zero attached hydrogens (tertiary/aromatic N) is 5. The zero-order chi connectivity index (χ0) is 21.4. The lowest BCUT2D eigenvalue weighted by Gasteiger charge is -2.27. The lowest BCUT2D eigenvalue weighted by atomic mass is 10.2. The average Bonchev–Trinajstić information content (AvgIpc) is 3.11. The Morgan fingerprint density at radius 2 is 1.84 bits per heavy atom. The van der Waals surface area contributed by atoms with E-state index in [0.717, 1.165) is 35.7 Å². The van der Waals surface area contributed by atoms with Crippen molar-refractivity contribution in [3.8, 4) is 0 Å². The number of hydrogen-bond donors (Lipinski definition) is 1. The maximum atomic E-state index is 13.2. The molecule has 2 aromatic heterocycles. The molecule has 2 aromatic carbocycles. The first kappa shape index (κ1) is 19.6. The van der Waals surface area contributed by atoms with Crippen molar-refractivity contribution < 1.29 is 4.79 Å². The molecule has 0 radical (unpaired) electrons. The van der Waals surface area contributed by atoms with E-state index in [4.69, 9.17) is 4.98 Å². The van der Waals surface area contributed by atoms with Gasteiger partial charge in [0.2, 0.25) is 11.6 Å². The first-order valence-corrected chi connectivity index (χ1v) is 11.3. The van der Waals surface area contributed by atoms with Crippen LogP contribution in [0.25, 0.3) is 16.7 Å². The molecule has 1 saturated heterocycles. The Morgan fingerprint density at radius 1 is 1.10 bits per heavy atom. The van der Waals surface area contributed by atoms with Gasteiger partial charge in [-0.3, -0.25) is 4.79 Å². The van der Waals surface area contributed by atoms with Crippen LogP contribution in [0, 0.1) is 6.92 Å². The van der Waals surface area contributed by atoms with Crippen LogP contribution in [0.2, 0.25) is 0 Å². The van der Waals surface area contributed by atoms with Gasteiger partial charge in [0.1, 0.15) is 6.54 Å². The molecule has 1 aliphatic rings. The van der Waals surface area contributed by atoms with Gasteiger partial charge in [0.05, 0.1) is 11.0 Å². The molecule has 0 saturated carbocycles. The summed E-state index contributed by atoms with van der Waals surface area (Å²) in [7, 11) is 0. The van der Waals surface area contributed by atoms with E-state index in [1.807, 2.05) is 67.2 Å². The van der Waals surface area contributed by atoms with Crippen LogP contribution < -0.4 is 15.9 Å². The van der Waals surface area contributed by atoms with Crippen molar-refractivity contribution >= 4 is 45.9 Å². The Hall–Kier alpha value is -3.33. The summed E-state index contributed by atoms with van der Waals surface area (Å²) in [6.07, 6.45) is 0. The van der Waals surface area contributed by atoms with E-state index in [1.165, 1.54) is 4.68 Å². The molecule has 0 aliphatic carbocycles. The molecule has 0 unspecified atom stereocenters. The zero-order valence-electron chi connectivity index (χ0n) is 17.1. The third-order valence-corrected chi connectivity index (χ3v) is 6.27. The van der Waals surface area contributed by atoms with Gasteiger partial charge in [-0.1, -0.05) is 29.8 Å². The number of thioether (sulfide) groups is 1. The van der Waals surface area contributed by atoms with E-state index in [9.17, 15) is 9.59 Å². The van der Waals surface area contributed by atoms with Crippen LogP contribution in [-0.4, -0.2) is 49.7 Å². The van der Waals surface area contributed by atoms with Gasteiger partial charge >= 0.3 is 5.69 Å². The molecule has 1 aliphatic heterocycles. The van der Waals surface area contributed by atoms with Crippen molar-refractivity contribution in [2.24, 2.45) is 0 Å². The monoisotopic (exact) mass is 434 g/mol. The number of hydrogen-bond acceptors (Lipinski definition) is 6. The molecule has 4 aromatic rings. The smallest absolute Gasteiger partial charge is 0.351 e. The van der Waals surface area contributed by atoms with Gasteiger partial charge < -0.3 is 10.2 Å². The fraction of sp³-hybridized carbons (Fsp3) is 0.273. The van der Waals surface area contributed by atoms with Gasteiger partial charge in [0, 0.05) is 30.3 Å². The standard InChI is InChI=1S/C22H22N6O2S/c1-15-6-8-16(9-7-15)23-19(29)14-27-22(30)28-18-5-3-2-4-17(18)24-20(21(28)25-27)26-10-12-31-13-11-26/h2-9H,10-14H2,1H3,(H,23,29). The fourth-order valence-corrected chi connectivity index (χ4v) is 4.65. The van der Waals surface area contributed by atoms with Crippen LogP contribution in [0.1, 0.15) is 5.56 Å². The minimum Gasteiger partial charge on any atom is -0.352 e. The summed E-state index contributed by atoms with van der Waals surface area (Å²) in [4.78, 5) is 32.8. The van der Waals surface area contributed by atoms with E-state index in [2.05, 4.69) is 15.3 Å². The minimum absolute atomic E-state index is 0.169. The Morgan fingerprint density at radius 3 is 2.61 bits per heavy atom. The number of para-hydroxylation sites is 2. The largest absolute Gasteiger partial charge is 0.352 e. The second kappa shape index (κ2) is 8.07. The van der Waals surface area contributed by atoms with Crippen LogP contribution >= 0.6 is 11.8 Å². The quantitative estimate of drug-likeness (QED) is 0.531. The van der Waals surface area contributed by atoms with Crippen LogP contribution in [0.15, 0.2) is 53.3 Å². The van der Waals surface area contributed by atoms with Gasteiger partial charge in [-0.15, -0.1) is 5.10 Å². The van der Waals surface area contributed by atoms with Crippen molar-refractivity contribution in [1.82, 2.24) is 19.2 Å². The molecule has 9 heteroatoms. The van der Waals surface area contributed by atoms with E-state index < -0.39 is 0 Å². The molecule has 3 heterocycles. The predicted octanol–water partition coefficient (Wildman–Crippen LogP) is 2.54. The van der Waals surface area contributed by atoms with Crippen LogP contribution in [0.4, 0.5) is 11.5 Å². The number of benzene rings is 2. The molecule has 5 rings (SSSR count). The second-order valence-electron chi connectivity index (χ2n) is 7.54. The summed E-state index contributed by atoms with van der Waals surface area (Å²) in [5.41, 5.74) is 3.35. The van der Waals surface area contributed by atoms with E-state index in [-0.39, 0.29) is 18.1 Å². The Bertz CT molecular complexity index is 1320. The molecular weight excluding hydrogens is 412 g/mol. The molecule has 158 valence electrons. The number of anilines is 2. The highest BCUT2D eigenvalue weighted by Gasteiger charge is 2.22. The summed E-state index contributed by atoms with van der Waals surface area (Å²) in [6.45, 7) is 3.51. The normalized spacial score (nSPS) is 14.3. The molecule has 1 amide bonds. The number of rotatable bonds is 4. The molecule has 0 bridgehead atoms. The van der Waals surface area contributed by atoms with Crippen molar-refractivity contribution in [3.05, 3.63) is 64.6 Å². The van der Waals surface area contributed by atoms with Crippen molar-refractivity contribution in [1.29, 1.82) is 0 Å². The number of carbonyl (C=O) groups excluding carboxylic acids is 1. The summed E-state index contributed by atoms with van der Waals surface area (Å²) < 4.78 is 2.79. The fourth-order valence-electron chi connectivity index (χ4n) is 3.75. The SMILES string of the molecule is Cc1ccc(NC(=O)Cn2nc3c(N4CCSCC4)nc4ccccc4n3c2=O)cc1. The summed E-state index contributed by atoms with van der Waals surface area (Å²) in [5.74, 6) is 2.39. The molecule has 1 N–H and O–H groups in total. The van der Waals surface area contributed by atoms with Crippen LogP contribution in [0.5, 0.6) is 0 Å². The lowest BCUT2D eigenvalue weighted by molar-refractivity contribution is -0.117. The summed E-state index contributed by atoms with van der Waals surface area (Å²) in [5, 5.41) is 7.36. The van der Waals surface area contributed by atoms with Gasteiger partial charge in [0.15, 0.2) is 5.82 Å². The first-order chi connectivity index (χ1) is 15.1. The van der Waals surface area contributed by atoms with Crippen molar-refractivity contribution in [3.63, 3.8) is 0 Å². The highest BCUT2D eigenvalue weighted by atomic mass is 32.2. The molecule has 31 heavy (non-hydrogen) atoms. The van der Waals surface area contributed by atoms with Gasteiger partial charge in [0.25, 0.3) is 0 Å². The third-order valence-electron chi connectivity index (χ3n) is 5.33. The topological polar surface area (TPSA) is 84.5 Å². The molecule has 0 spiro atoms. The van der Waals surface area contributed by atoms with Gasteiger partial charge in [-0.05, 0) is 31.2 Å². The lowest BCUT2D eigenvalue weighted by Crippen LogP contribution is -2.33. The van der Waals surface area contributed by atoms with Crippen molar-refractivity contribution in [2.45, 2.75) is 13.5 Å². The molecular formula is C22H22N6O2S. The summed E-state index contributed by atoms with van der Waals surface area (Å²) in [6, 6.07) is 15.0. The van der Waals surface area contributed by atoms with Crippen molar-refractivity contribution in [2.75, 3.05) is 34.8 Å². The number of carbonyl (C=O) groups is 1. The van der Waals surface area contributed by atoms with Crippen LogP contribution in [-0.2, 0) is 11.3 Å². The number of aryl methyl sites for hydroxylation is 1. The van der Waals surface area contributed by atoms with Gasteiger partial charge in [-0.2, -0.15) is 11.8 Å². The Kier molecular flexibility index (Phi) is 5.11. The number of aromatic nitrogens is 4. The number of nitrogens with one attached hydrogen (secondary N) is 1. The van der Waals surface area contributed by atoms with Crippen LogP contribution in [0.3, 0.4) is 0 Å². The molecule has 1 fully saturated rings. The third kappa shape index (κ3) is 3.76. The predicted molar refractivity (Wildman–Crippen MR) is 124 cm³/mol. The van der Waals surface area contributed by atoms with E-state index in [1.54, 1.807) is 4.40 Å². The average molecular weight is 435 g/mol.